The summed E-state index contributed by atoms with van der Waals surface area (Å²) in [6.07, 6.45) is 3.58. The molecule has 2 heterocycles. The Kier molecular flexibility index (Phi) is 6.27. The maximum atomic E-state index is 4.33. The fourth-order valence-electron chi connectivity index (χ4n) is 1.81. The summed E-state index contributed by atoms with van der Waals surface area (Å²) in [6, 6.07) is 21.1. The molecular weight excluding hydrogens is 427 g/mol. The van der Waals surface area contributed by atoms with E-state index in [1.165, 1.54) is 0 Å². The Morgan fingerprint density at radius 3 is 1.55 bits per heavy atom. The van der Waals surface area contributed by atoms with Gasteiger partial charge in [0, 0.05) is 23.8 Å². The molecule has 0 aliphatic carbocycles. The van der Waals surface area contributed by atoms with Gasteiger partial charge in [0.15, 0.2) is 0 Å². The zero-order valence-electron chi connectivity index (χ0n) is 11.1. The summed E-state index contributed by atoms with van der Waals surface area (Å²) in [6.45, 7) is 0. The fourth-order valence-corrected chi connectivity index (χ4v) is 1.81. The van der Waals surface area contributed by atoms with Gasteiger partial charge in [0.1, 0.15) is 0 Å². The molecular formula is C17H14N2Pt. The van der Waals surface area contributed by atoms with Gasteiger partial charge in [-0.05, 0) is 12.1 Å². The first-order valence-corrected chi connectivity index (χ1v) is 5.78. The third kappa shape index (κ3) is 3.61. The molecule has 0 saturated carbocycles. The van der Waals surface area contributed by atoms with Gasteiger partial charge in [0.2, 0.25) is 0 Å². The number of rotatable bonds is 2. The monoisotopic (exact) mass is 441 g/mol. The standard InChI is InChI=1S/C16H11N2.CH3.Pt/c1-3-10-17-15(8-1)13-6-5-7-14(12-13)16-9-2-4-11-18-16;;/h1-11H;1H3;/q2*-1;+2. The summed E-state index contributed by atoms with van der Waals surface area (Å²) in [5, 5.41) is 0. The smallest absolute Gasteiger partial charge is 0.358 e. The molecule has 20 heavy (non-hydrogen) atoms. The summed E-state index contributed by atoms with van der Waals surface area (Å²) in [7, 11) is 0. The van der Waals surface area contributed by atoms with E-state index in [0.29, 0.717) is 0 Å². The molecule has 2 nitrogen and oxygen atoms in total. The first-order valence-electron chi connectivity index (χ1n) is 5.78. The van der Waals surface area contributed by atoms with E-state index in [9.17, 15) is 0 Å². The summed E-state index contributed by atoms with van der Waals surface area (Å²) < 4.78 is 0. The minimum atomic E-state index is 0. The molecule has 0 atom stereocenters. The van der Waals surface area contributed by atoms with Gasteiger partial charge in [0.25, 0.3) is 0 Å². The maximum absolute atomic E-state index is 4.33. The molecule has 0 aliphatic heterocycles. The van der Waals surface area contributed by atoms with Crippen molar-refractivity contribution in [2.24, 2.45) is 0 Å². The van der Waals surface area contributed by atoms with Gasteiger partial charge in [-0.25, -0.2) is 0 Å². The van der Waals surface area contributed by atoms with E-state index in [1.54, 1.807) is 12.4 Å². The molecule has 0 bridgehead atoms. The molecule has 0 radical (unpaired) electrons. The molecule has 0 saturated heterocycles. The van der Waals surface area contributed by atoms with Crippen LogP contribution in [0.4, 0.5) is 0 Å². The number of pyridine rings is 2. The second-order valence-corrected chi connectivity index (χ2v) is 3.91. The van der Waals surface area contributed by atoms with Crippen molar-refractivity contribution in [3.8, 4) is 22.5 Å². The zero-order valence-corrected chi connectivity index (χ0v) is 13.3. The van der Waals surface area contributed by atoms with Gasteiger partial charge in [0.05, 0.1) is 0 Å². The van der Waals surface area contributed by atoms with Crippen molar-refractivity contribution >= 4 is 0 Å². The van der Waals surface area contributed by atoms with E-state index in [0.717, 1.165) is 22.5 Å². The Morgan fingerprint density at radius 2 is 1.15 bits per heavy atom. The number of hydrogen-bond donors (Lipinski definition) is 0. The molecule has 0 aliphatic rings. The van der Waals surface area contributed by atoms with Crippen molar-refractivity contribution in [1.82, 2.24) is 9.97 Å². The van der Waals surface area contributed by atoms with Crippen LogP contribution in [0.1, 0.15) is 0 Å². The number of benzene rings is 1. The quantitative estimate of drug-likeness (QED) is 0.561. The van der Waals surface area contributed by atoms with Crippen LogP contribution in [0, 0.1) is 13.5 Å². The van der Waals surface area contributed by atoms with E-state index in [-0.39, 0.29) is 28.5 Å². The average Bonchev–Trinajstić information content (AvgIpc) is 2.49. The van der Waals surface area contributed by atoms with E-state index < -0.39 is 0 Å². The average molecular weight is 441 g/mol. The van der Waals surface area contributed by atoms with Crippen LogP contribution in [0.2, 0.25) is 0 Å². The fraction of sp³-hybridized carbons (Fsp3) is 0. The molecule has 3 heteroatoms. The number of nitrogens with zero attached hydrogens (tertiary/aromatic N) is 2. The minimum absolute atomic E-state index is 0. The predicted molar refractivity (Wildman–Crippen MR) is 78.2 cm³/mol. The van der Waals surface area contributed by atoms with E-state index in [1.807, 2.05) is 54.6 Å². The van der Waals surface area contributed by atoms with Crippen LogP contribution in [0.5, 0.6) is 0 Å². The summed E-state index contributed by atoms with van der Waals surface area (Å²) in [5.74, 6) is 0. The first-order chi connectivity index (χ1) is 8.93. The number of hydrogen-bond acceptors (Lipinski definition) is 2. The molecule has 102 valence electrons. The minimum Gasteiger partial charge on any atom is -0.358 e. The first kappa shape index (κ1) is 16.3. The molecule has 0 amide bonds. The Labute approximate surface area is 134 Å². The van der Waals surface area contributed by atoms with E-state index >= 15 is 0 Å². The largest absolute Gasteiger partial charge is 2.00 e. The number of aromatic nitrogens is 2. The van der Waals surface area contributed by atoms with Gasteiger partial charge < -0.3 is 7.43 Å². The summed E-state index contributed by atoms with van der Waals surface area (Å²) >= 11 is 0. The molecule has 3 rings (SSSR count). The van der Waals surface area contributed by atoms with Crippen molar-refractivity contribution in [3.63, 3.8) is 0 Å². The second-order valence-electron chi connectivity index (χ2n) is 3.91. The predicted octanol–water partition coefficient (Wildman–Crippen LogP) is 4.06. The Hall–Kier alpha value is -1.79. The maximum Gasteiger partial charge on any atom is 2.00 e. The Balaban J connectivity index is 0.000001000. The molecule has 0 fully saturated rings. The van der Waals surface area contributed by atoms with Gasteiger partial charge in [-0.15, -0.1) is 24.3 Å². The second kappa shape index (κ2) is 7.71. The van der Waals surface area contributed by atoms with Crippen molar-refractivity contribution < 1.29 is 21.1 Å². The zero-order chi connectivity index (χ0) is 12.2. The van der Waals surface area contributed by atoms with Crippen molar-refractivity contribution in [3.05, 3.63) is 80.5 Å². The molecule has 0 N–H and O–H groups in total. The van der Waals surface area contributed by atoms with E-state index in [4.69, 9.17) is 0 Å². The molecule has 3 aromatic rings. The van der Waals surface area contributed by atoms with Crippen molar-refractivity contribution in [2.45, 2.75) is 0 Å². The van der Waals surface area contributed by atoms with Crippen LogP contribution >= 0.6 is 0 Å². The van der Waals surface area contributed by atoms with Crippen molar-refractivity contribution in [1.29, 1.82) is 0 Å². The molecule has 1 aromatic carbocycles. The van der Waals surface area contributed by atoms with Crippen LogP contribution < -0.4 is 0 Å². The molecule has 2 aromatic heterocycles. The van der Waals surface area contributed by atoms with Gasteiger partial charge >= 0.3 is 21.1 Å². The van der Waals surface area contributed by atoms with Crippen LogP contribution in [-0.4, -0.2) is 9.97 Å². The topological polar surface area (TPSA) is 25.8 Å². The van der Waals surface area contributed by atoms with Crippen LogP contribution in [0.25, 0.3) is 22.5 Å². The summed E-state index contributed by atoms with van der Waals surface area (Å²) in [4.78, 5) is 8.66. The van der Waals surface area contributed by atoms with Crippen LogP contribution in [0.15, 0.2) is 67.0 Å². The third-order valence-corrected chi connectivity index (χ3v) is 2.68. The van der Waals surface area contributed by atoms with Crippen molar-refractivity contribution in [2.75, 3.05) is 0 Å². The summed E-state index contributed by atoms with van der Waals surface area (Å²) in [5.41, 5.74) is 3.82. The third-order valence-electron chi connectivity index (χ3n) is 2.68. The van der Waals surface area contributed by atoms with E-state index in [2.05, 4.69) is 16.0 Å². The normalized spacial score (nSPS) is 9.20. The van der Waals surface area contributed by atoms with Crippen LogP contribution in [-0.2, 0) is 21.1 Å². The molecule has 0 unspecified atom stereocenters. The molecule has 0 spiro atoms. The van der Waals surface area contributed by atoms with Crippen LogP contribution in [0.3, 0.4) is 0 Å². The Morgan fingerprint density at radius 1 is 0.650 bits per heavy atom. The van der Waals surface area contributed by atoms with Gasteiger partial charge in [-0.3, -0.25) is 9.97 Å². The van der Waals surface area contributed by atoms with Gasteiger partial charge in [-0.2, -0.15) is 0 Å². The van der Waals surface area contributed by atoms with Gasteiger partial charge in [-0.1, -0.05) is 35.4 Å². The Bertz CT molecular complexity index is 585. The SMILES string of the molecule is [CH3-].[Pt+2].[c-]1c(-c2ccccn2)cccc1-c1ccccn1.